The van der Waals surface area contributed by atoms with E-state index in [1.807, 2.05) is 0 Å². The number of nitriles is 1. The van der Waals surface area contributed by atoms with Crippen LogP contribution >= 0.6 is 11.3 Å². The van der Waals surface area contributed by atoms with Crippen molar-refractivity contribution in [1.29, 1.82) is 5.26 Å². The maximum Gasteiger partial charge on any atom is 0.358 e. The molecule has 0 bridgehead atoms. The van der Waals surface area contributed by atoms with Gasteiger partial charge in [-0.1, -0.05) is 0 Å². The first-order valence-electron chi connectivity index (χ1n) is 3.45. The number of rotatable bonds is 3. The summed E-state index contributed by atoms with van der Waals surface area (Å²) in [7, 11) is 1.71. The molecule has 68 valence electrons. The highest BCUT2D eigenvalue weighted by Crippen LogP contribution is 2.14. The smallest absolute Gasteiger partial charge is 0.358 e. The number of aromatic nitrogens is 1. The van der Waals surface area contributed by atoms with Crippen LogP contribution in [0, 0.1) is 11.3 Å². The number of nitrogens with one attached hydrogen (secondary N) is 1. The highest BCUT2D eigenvalue weighted by molar-refractivity contribution is 7.13. The Morgan fingerprint density at radius 1 is 1.92 bits per heavy atom. The van der Waals surface area contributed by atoms with Crippen LogP contribution in [0.5, 0.6) is 0 Å². The molecule has 0 aliphatic heterocycles. The zero-order chi connectivity index (χ0) is 9.68. The first-order valence-corrected chi connectivity index (χ1v) is 4.33. The third-order valence-corrected chi connectivity index (χ3v) is 2.05. The Bertz CT molecular complexity index is 342. The molecule has 0 atom stereocenters. The van der Waals surface area contributed by atoms with E-state index in [-0.39, 0.29) is 12.3 Å². The molecule has 0 aliphatic rings. The highest BCUT2D eigenvalue weighted by atomic mass is 32.1. The lowest BCUT2D eigenvalue weighted by molar-refractivity contribution is 0.0549. The zero-order valence-corrected chi connectivity index (χ0v) is 7.72. The minimum atomic E-state index is -0.570. The Hall–Kier alpha value is -1.61. The number of hydrogen-bond donors (Lipinski definition) is 1. The van der Waals surface area contributed by atoms with E-state index in [9.17, 15) is 4.79 Å². The second-order valence-electron chi connectivity index (χ2n) is 2.02. The average molecular weight is 197 g/mol. The Labute approximate surface area is 79.0 Å². The van der Waals surface area contributed by atoms with Crippen molar-refractivity contribution in [3.8, 4) is 6.07 Å². The van der Waals surface area contributed by atoms with Gasteiger partial charge in [-0.15, -0.1) is 11.3 Å². The molecule has 0 aliphatic carbocycles. The van der Waals surface area contributed by atoms with Crippen molar-refractivity contribution in [2.45, 2.75) is 0 Å². The van der Waals surface area contributed by atoms with Crippen LogP contribution in [-0.4, -0.2) is 24.6 Å². The number of carbonyl (C=O) groups is 1. The van der Waals surface area contributed by atoms with Gasteiger partial charge in [0.1, 0.15) is 6.07 Å². The summed E-state index contributed by atoms with van der Waals surface area (Å²) in [6.07, 6.45) is 0. The lowest BCUT2D eigenvalue weighted by Crippen LogP contribution is -2.05. The number of hydrogen-bond acceptors (Lipinski definition) is 6. The molecule has 0 fully saturated rings. The summed E-state index contributed by atoms with van der Waals surface area (Å²) < 4.78 is 4.55. The van der Waals surface area contributed by atoms with Gasteiger partial charge < -0.3 is 10.1 Å². The number of carbonyl (C=O) groups excluding carboxylic acids is 1. The van der Waals surface area contributed by atoms with Crippen LogP contribution in [-0.2, 0) is 4.74 Å². The molecular formula is C7H7N3O2S. The Balaban J connectivity index is 2.62. The molecule has 1 aromatic rings. The fraction of sp³-hybridized carbons (Fsp3) is 0.286. The largest absolute Gasteiger partial charge is 0.446 e. The highest BCUT2D eigenvalue weighted by Gasteiger charge is 2.10. The summed E-state index contributed by atoms with van der Waals surface area (Å²) in [5.41, 5.74) is 0.226. The normalized spacial score (nSPS) is 8.92. The van der Waals surface area contributed by atoms with Gasteiger partial charge in [-0.05, 0) is 0 Å². The Morgan fingerprint density at radius 2 is 2.69 bits per heavy atom. The summed E-state index contributed by atoms with van der Waals surface area (Å²) in [5.74, 6) is -0.570. The van der Waals surface area contributed by atoms with E-state index in [1.54, 1.807) is 18.5 Å². The third-order valence-electron chi connectivity index (χ3n) is 1.19. The molecule has 0 amide bonds. The van der Waals surface area contributed by atoms with E-state index in [2.05, 4.69) is 15.0 Å². The topological polar surface area (TPSA) is 75.0 Å². The van der Waals surface area contributed by atoms with Crippen molar-refractivity contribution < 1.29 is 9.53 Å². The van der Waals surface area contributed by atoms with Gasteiger partial charge in [0, 0.05) is 12.4 Å². The molecule has 1 heterocycles. The molecule has 0 radical (unpaired) electrons. The summed E-state index contributed by atoms with van der Waals surface area (Å²) in [6.45, 7) is -0.245. The van der Waals surface area contributed by atoms with Crippen molar-refractivity contribution in [3.63, 3.8) is 0 Å². The van der Waals surface area contributed by atoms with Crippen LogP contribution in [0.2, 0.25) is 0 Å². The second kappa shape index (κ2) is 4.42. The van der Waals surface area contributed by atoms with Gasteiger partial charge in [-0.25, -0.2) is 9.78 Å². The lowest BCUT2D eigenvalue weighted by Gasteiger charge is -1.94. The molecule has 1 N–H and O–H groups in total. The van der Waals surface area contributed by atoms with Gasteiger partial charge in [0.05, 0.1) is 0 Å². The fourth-order valence-electron chi connectivity index (χ4n) is 0.654. The summed E-state index contributed by atoms with van der Waals surface area (Å²) in [6, 6.07) is 1.71. The monoisotopic (exact) mass is 197 g/mol. The van der Waals surface area contributed by atoms with Crippen LogP contribution in [0.15, 0.2) is 5.38 Å². The van der Waals surface area contributed by atoms with E-state index >= 15 is 0 Å². The van der Waals surface area contributed by atoms with Crippen molar-refractivity contribution in [2.24, 2.45) is 0 Å². The number of esters is 1. The molecule has 1 aromatic heterocycles. The first kappa shape index (κ1) is 9.48. The maximum atomic E-state index is 11.1. The SMILES string of the molecule is CNc1nc(C(=O)OCC#N)cs1. The fourth-order valence-corrected chi connectivity index (χ4v) is 1.30. The predicted octanol–water partition coefficient (Wildman–Crippen LogP) is 0.865. The summed E-state index contributed by atoms with van der Waals surface area (Å²) in [4.78, 5) is 15.0. The van der Waals surface area contributed by atoms with Crippen molar-refractivity contribution >= 4 is 22.4 Å². The van der Waals surface area contributed by atoms with Gasteiger partial charge in [-0.3, -0.25) is 0 Å². The maximum absolute atomic E-state index is 11.1. The molecule has 0 aromatic carbocycles. The van der Waals surface area contributed by atoms with Crippen LogP contribution in [0.4, 0.5) is 5.13 Å². The van der Waals surface area contributed by atoms with Gasteiger partial charge in [0.2, 0.25) is 0 Å². The van der Waals surface area contributed by atoms with Crippen LogP contribution in [0.25, 0.3) is 0 Å². The molecule has 0 spiro atoms. The van der Waals surface area contributed by atoms with Crippen molar-refractivity contribution in [2.75, 3.05) is 19.0 Å². The van der Waals surface area contributed by atoms with Gasteiger partial charge in [-0.2, -0.15) is 5.26 Å². The standard InChI is InChI=1S/C7H7N3O2S/c1-9-7-10-5(4-13-7)6(11)12-3-2-8/h4H,3H2,1H3,(H,9,10). The van der Waals surface area contributed by atoms with E-state index < -0.39 is 5.97 Å². The molecule has 1 rings (SSSR count). The van der Waals surface area contributed by atoms with Gasteiger partial charge in [0.25, 0.3) is 0 Å². The van der Waals surface area contributed by atoms with E-state index in [1.165, 1.54) is 11.3 Å². The molecule has 0 saturated heterocycles. The number of thiazole rings is 1. The average Bonchev–Trinajstić information content (AvgIpc) is 2.62. The van der Waals surface area contributed by atoms with Crippen LogP contribution in [0.3, 0.4) is 0 Å². The quantitative estimate of drug-likeness (QED) is 0.727. The zero-order valence-electron chi connectivity index (χ0n) is 6.90. The lowest BCUT2D eigenvalue weighted by atomic mass is 10.5. The summed E-state index contributed by atoms with van der Waals surface area (Å²) in [5, 5.41) is 13.2. The first-order chi connectivity index (χ1) is 6.27. The van der Waals surface area contributed by atoms with E-state index in [4.69, 9.17) is 5.26 Å². The molecular weight excluding hydrogens is 190 g/mol. The van der Waals surface area contributed by atoms with Gasteiger partial charge >= 0.3 is 5.97 Å². The second-order valence-corrected chi connectivity index (χ2v) is 2.88. The predicted molar refractivity (Wildman–Crippen MR) is 47.6 cm³/mol. The number of anilines is 1. The molecule has 5 nitrogen and oxygen atoms in total. The van der Waals surface area contributed by atoms with Crippen LogP contribution < -0.4 is 5.32 Å². The third kappa shape index (κ3) is 2.42. The Kier molecular flexibility index (Phi) is 3.23. The number of ether oxygens (including phenoxy) is 1. The molecule has 0 unspecified atom stereocenters. The number of nitrogens with zero attached hydrogens (tertiary/aromatic N) is 2. The molecule has 13 heavy (non-hydrogen) atoms. The minimum absolute atomic E-state index is 0.226. The molecule has 6 heteroatoms. The van der Waals surface area contributed by atoms with E-state index in [0.717, 1.165) is 0 Å². The minimum Gasteiger partial charge on any atom is -0.446 e. The molecule has 0 saturated carbocycles. The summed E-state index contributed by atoms with van der Waals surface area (Å²) >= 11 is 1.31. The van der Waals surface area contributed by atoms with Crippen molar-refractivity contribution in [1.82, 2.24) is 4.98 Å². The van der Waals surface area contributed by atoms with Gasteiger partial charge in [0.15, 0.2) is 17.4 Å². The van der Waals surface area contributed by atoms with E-state index in [0.29, 0.717) is 5.13 Å². The Morgan fingerprint density at radius 3 is 3.23 bits per heavy atom. The van der Waals surface area contributed by atoms with Crippen LogP contribution in [0.1, 0.15) is 10.5 Å². The van der Waals surface area contributed by atoms with Crippen molar-refractivity contribution in [3.05, 3.63) is 11.1 Å².